The van der Waals surface area contributed by atoms with Crippen LogP contribution >= 0.6 is 0 Å². The summed E-state index contributed by atoms with van der Waals surface area (Å²) in [6.45, 7) is 2.66. The standard InChI is InChI=1S/C13H17BN2O3/c1-9-10-8-15-16(13-4-2-3-7-19-13)12(10)6-5-11(9)14(17)18/h5-6,8,13,17-18H,2-4,7H2,1H3/t13-/m1/s1. The van der Waals surface area contributed by atoms with Gasteiger partial charge in [-0.1, -0.05) is 6.07 Å². The summed E-state index contributed by atoms with van der Waals surface area (Å²) < 4.78 is 7.65. The molecular formula is C13H17BN2O3. The second kappa shape index (κ2) is 4.96. The Hall–Kier alpha value is -1.37. The Balaban J connectivity index is 2.06. The van der Waals surface area contributed by atoms with E-state index in [1.54, 1.807) is 12.3 Å². The minimum atomic E-state index is -1.45. The van der Waals surface area contributed by atoms with E-state index in [0.717, 1.165) is 42.3 Å². The largest absolute Gasteiger partial charge is 0.488 e. The molecule has 1 fully saturated rings. The Morgan fingerprint density at radius 1 is 1.37 bits per heavy atom. The Morgan fingerprint density at radius 3 is 2.89 bits per heavy atom. The van der Waals surface area contributed by atoms with E-state index in [1.807, 2.05) is 17.7 Å². The van der Waals surface area contributed by atoms with Crippen LogP contribution in [0.5, 0.6) is 0 Å². The zero-order valence-corrected chi connectivity index (χ0v) is 10.9. The van der Waals surface area contributed by atoms with Crippen LogP contribution in [0.4, 0.5) is 0 Å². The molecule has 0 unspecified atom stereocenters. The maximum absolute atomic E-state index is 9.32. The Kier molecular flexibility index (Phi) is 3.30. The van der Waals surface area contributed by atoms with Crippen LogP contribution in [0, 0.1) is 6.92 Å². The van der Waals surface area contributed by atoms with Crippen LogP contribution in [0.15, 0.2) is 18.3 Å². The third kappa shape index (κ3) is 2.16. The molecule has 3 rings (SSSR count). The fraction of sp³-hybridized carbons (Fsp3) is 0.462. The average Bonchev–Trinajstić information content (AvgIpc) is 2.84. The lowest BCUT2D eigenvalue weighted by Crippen LogP contribution is -2.32. The molecule has 1 aliphatic rings. The first-order valence-corrected chi connectivity index (χ1v) is 6.63. The van der Waals surface area contributed by atoms with E-state index in [9.17, 15) is 10.0 Å². The maximum atomic E-state index is 9.32. The summed E-state index contributed by atoms with van der Waals surface area (Å²) in [5, 5.41) is 24.0. The van der Waals surface area contributed by atoms with Crippen molar-refractivity contribution in [2.75, 3.05) is 6.61 Å². The van der Waals surface area contributed by atoms with Crippen LogP contribution in [-0.2, 0) is 4.74 Å². The molecule has 19 heavy (non-hydrogen) atoms. The molecular weight excluding hydrogens is 243 g/mol. The highest BCUT2D eigenvalue weighted by Crippen LogP contribution is 2.26. The van der Waals surface area contributed by atoms with Crippen molar-refractivity contribution in [2.24, 2.45) is 0 Å². The molecule has 0 spiro atoms. The number of hydrogen-bond acceptors (Lipinski definition) is 4. The quantitative estimate of drug-likeness (QED) is 0.781. The number of benzene rings is 1. The molecule has 1 aromatic heterocycles. The number of rotatable bonds is 2. The molecule has 0 amide bonds. The van der Waals surface area contributed by atoms with Gasteiger partial charge in [-0.05, 0) is 43.3 Å². The fourth-order valence-electron chi connectivity index (χ4n) is 2.70. The van der Waals surface area contributed by atoms with Gasteiger partial charge in [0.2, 0.25) is 0 Å². The first kappa shape index (κ1) is 12.7. The molecule has 0 radical (unpaired) electrons. The summed E-state index contributed by atoms with van der Waals surface area (Å²) >= 11 is 0. The normalized spacial score (nSPS) is 19.8. The van der Waals surface area contributed by atoms with Crippen LogP contribution in [0.1, 0.15) is 31.1 Å². The minimum Gasteiger partial charge on any atom is -0.423 e. The molecule has 0 bridgehead atoms. The number of aryl methyl sites for hydroxylation is 1. The van der Waals surface area contributed by atoms with Crippen LogP contribution < -0.4 is 5.46 Å². The van der Waals surface area contributed by atoms with E-state index in [1.165, 1.54) is 0 Å². The smallest absolute Gasteiger partial charge is 0.423 e. The highest BCUT2D eigenvalue weighted by molar-refractivity contribution is 6.59. The van der Waals surface area contributed by atoms with Crippen molar-refractivity contribution in [3.8, 4) is 0 Å². The lowest BCUT2D eigenvalue weighted by Gasteiger charge is -2.23. The van der Waals surface area contributed by atoms with Crippen molar-refractivity contribution in [1.29, 1.82) is 0 Å². The molecule has 1 atom stereocenters. The Morgan fingerprint density at radius 2 is 2.21 bits per heavy atom. The van der Waals surface area contributed by atoms with E-state index >= 15 is 0 Å². The van der Waals surface area contributed by atoms with Crippen molar-refractivity contribution in [3.05, 3.63) is 23.9 Å². The van der Waals surface area contributed by atoms with E-state index in [2.05, 4.69) is 5.10 Å². The molecule has 2 N–H and O–H groups in total. The Labute approximate surface area is 111 Å². The van der Waals surface area contributed by atoms with Crippen molar-refractivity contribution >= 4 is 23.5 Å². The summed E-state index contributed by atoms with van der Waals surface area (Å²) in [5.74, 6) is 0. The molecule has 1 aliphatic heterocycles. The first-order chi connectivity index (χ1) is 9.18. The zero-order chi connectivity index (χ0) is 13.4. The molecule has 0 aliphatic carbocycles. The number of aromatic nitrogens is 2. The number of hydrogen-bond donors (Lipinski definition) is 2. The van der Waals surface area contributed by atoms with E-state index in [-0.39, 0.29) is 6.23 Å². The topological polar surface area (TPSA) is 67.5 Å². The zero-order valence-electron chi connectivity index (χ0n) is 10.9. The van der Waals surface area contributed by atoms with Gasteiger partial charge in [0.1, 0.15) is 0 Å². The highest BCUT2D eigenvalue weighted by Gasteiger charge is 2.21. The van der Waals surface area contributed by atoms with Gasteiger partial charge in [-0.2, -0.15) is 5.10 Å². The fourth-order valence-corrected chi connectivity index (χ4v) is 2.70. The molecule has 2 heterocycles. The number of nitrogens with zero attached hydrogens (tertiary/aromatic N) is 2. The van der Waals surface area contributed by atoms with Crippen molar-refractivity contribution in [1.82, 2.24) is 9.78 Å². The number of ether oxygens (including phenoxy) is 1. The highest BCUT2D eigenvalue weighted by atomic mass is 16.5. The lowest BCUT2D eigenvalue weighted by atomic mass is 9.76. The van der Waals surface area contributed by atoms with Crippen LogP contribution in [0.2, 0.25) is 0 Å². The molecule has 1 saturated heterocycles. The number of fused-ring (bicyclic) bond motifs is 1. The van der Waals surface area contributed by atoms with Crippen LogP contribution in [0.3, 0.4) is 0 Å². The van der Waals surface area contributed by atoms with Crippen molar-refractivity contribution in [3.63, 3.8) is 0 Å². The minimum absolute atomic E-state index is 0.00412. The van der Waals surface area contributed by atoms with E-state index in [0.29, 0.717) is 5.46 Å². The van der Waals surface area contributed by atoms with Crippen LogP contribution in [0.25, 0.3) is 10.9 Å². The molecule has 1 aromatic carbocycles. The van der Waals surface area contributed by atoms with Gasteiger partial charge < -0.3 is 14.8 Å². The Bertz CT molecular complexity index is 591. The second-order valence-corrected chi connectivity index (χ2v) is 5.00. The molecule has 2 aromatic rings. The van der Waals surface area contributed by atoms with Gasteiger partial charge in [0.15, 0.2) is 6.23 Å². The maximum Gasteiger partial charge on any atom is 0.488 e. The first-order valence-electron chi connectivity index (χ1n) is 6.63. The van der Waals surface area contributed by atoms with Crippen molar-refractivity contribution < 1.29 is 14.8 Å². The summed E-state index contributed by atoms with van der Waals surface area (Å²) in [6.07, 6.45) is 5.00. The van der Waals surface area contributed by atoms with E-state index < -0.39 is 7.12 Å². The SMILES string of the molecule is Cc1c(B(O)O)ccc2c1cnn2[C@H]1CCCCO1. The van der Waals surface area contributed by atoms with E-state index in [4.69, 9.17) is 4.74 Å². The predicted molar refractivity (Wildman–Crippen MR) is 73.1 cm³/mol. The predicted octanol–water partition coefficient (Wildman–Crippen LogP) is 0.724. The third-order valence-corrected chi connectivity index (χ3v) is 3.80. The summed E-state index contributed by atoms with van der Waals surface area (Å²) in [6, 6.07) is 3.62. The summed E-state index contributed by atoms with van der Waals surface area (Å²) in [4.78, 5) is 0. The third-order valence-electron chi connectivity index (χ3n) is 3.80. The lowest BCUT2D eigenvalue weighted by molar-refractivity contribution is -0.0366. The van der Waals surface area contributed by atoms with Gasteiger partial charge in [-0.25, -0.2) is 4.68 Å². The second-order valence-electron chi connectivity index (χ2n) is 5.00. The van der Waals surface area contributed by atoms with Gasteiger partial charge in [0.05, 0.1) is 11.7 Å². The molecule has 5 nitrogen and oxygen atoms in total. The van der Waals surface area contributed by atoms with Crippen molar-refractivity contribution in [2.45, 2.75) is 32.4 Å². The van der Waals surface area contributed by atoms with Crippen LogP contribution in [-0.4, -0.2) is 33.6 Å². The van der Waals surface area contributed by atoms with Gasteiger partial charge >= 0.3 is 7.12 Å². The van der Waals surface area contributed by atoms with Gasteiger partial charge in [-0.3, -0.25) is 0 Å². The average molecular weight is 260 g/mol. The molecule has 6 heteroatoms. The summed E-state index contributed by atoms with van der Waals surface area (Å²) in [5.41, 5.74) is 2.36. The van der Waals surface area contributed by atoms with Gasteiger partial charge in [-0.15, -0.1) is 0 Å². The monoisotopic (exact) mass is 260 g/mol. The summed E-state index contributed by atoms with van der Waals surface area (Å²) in [7, 11) is -1.45. The van der Waals surface area contributed by atoms with Gasteiger partial charge in [0.25, 0.3) is 0 Å². The van der Waals surface area contributed by atoms with Gasteiger partial charge in [0, 0.05) is 12.0 Å². The molecule has 100 valence electrons. The molecule has 0 saturated carbocycles.